The average molecular weight is 294 g/mol. The number of carbonyl (C=O) groups is 1. The van der Waals surface area contributed by atoms with Crippen molar-refractivity contribution < 1.29 is 9.90 Å². The van der Waals surface area contributed by atoms with Gasteiger partial charge < -0.3 is 10.4 Å². The first-order valence-corrected chi connectivity index (χ1v) is 8.08. The molecule has 0 bridgehead atoms. The normalized spacial score (nSPS) is 18.4. The minimum atomic E-state index is 0.00520. The topological polar surface area (TPSA) is 52.6 Å². The molecule has 0 aromatic heterocycles. The Kier molecular flexibility index (Phi) is 5.88. The molecule has 2 rings (SSSR count). The van der Waals surface area contributed by atoms with E-state index in [1.165, 1.54) is 12.2 Å². The highest BCUT2D eigenvalue weighted by molar-refractivity contribution is 7.99. The Hall–Kier alpha value is -1.04. The summed E-state index contributed by atoms with van der Waals surface area (Å²) >= 11 is 1.95. The van der Waals surface area contributed by atoms with Gasteiger partial charge in [0.05, 0.1) is 13.2 Å². The minimum Gasteiger partial charge on any atom is -0.392 e. The van der Waals surface area contributed by atoms with Gasteiger partial charge >= 0.3 is 0 Å². The summed E-state index contributed by atoms with van der Waals surface area (Å²) in [5.41, 5.74) is 1.84. The van der Waals surface area contributed by atoms with Crippen LogP contribution < -0.4 is 5.32 Å². The van der Waals surface area contributed by atoms with Crippen molar-refractivity contribution in [2.45, 2.75) is 25.6 Å². The van der Waals surface area contributed by atoms with E-state index in [1.807, 2.05) is 43.1 Å². The van der Waals surface area contributed by atoms with Gasteiger partial charge in [-0.25, -0.2) is 0 Å². The zero-order valence-electron chi connectivity index (χ0n) is 11.8. The van der Waals surface area contributed by atoms with Crippen LogP contribution in [0, 0.1) is 0 Å². The maximum Gasteiger partial charge on any atom is 0.234 e. The SMILES string of the molecule is CN(CC(=O)NCc1ccccc1CO)C1CCSC1. The number of hydrogen-bond acceptors (Lipinski definition) is 4. The van der Waals surface area contributed by atoms with Gasteiger partial charge in [-0.1, -0.05) is 24.3 Å². The second kappa shape index (κ2) is 7.67. The maximum absolute atomic E-state index is 12.0. The Morgan fingerprint density at radius 2 is 2.20 bits per heavy atom. The monoisotopic (exact) mass is 294 g/mol. The average Bonchev–Trinajstić information content (AvgIpc) is 2.99. The molecule has 1 amide bonds. The number of amides is 1. The molecule has 110 valence electrons. The highest BCUT2D eigenvalue weighted by atomic mass is 32.2. The maximum atomic E-state index is 12.0. The van der Waals surface area contributed by atoms with Crippen LogP contribution in [0.4, 0.5) is 0 Å². The standard InChI is InChI=1S/C15H22N2O2S/c1-17(14-6-7-20-11-14)9-15(19)16-8-12-4-2-3-5-13(12)10-18/h2-5,14,18H,6-11H2,1H3,(H,16,19). The van der Waals surface area contributed by atoms with Gasteiger partial charge in [-0.15, -0.1) is 0 Å². The van der Waals surface area contributed by atoms with E-state index in [0.29, 0.717) is 19.1 Å². The number of benzene rings is 1. The first kappa shape index (κ1) is 15.4. The lowest BCUT2D eigenvalue weighted by molar-refractivity contribution is -0.122. The van der Waals surface area contributed by atoms with Crippen molar-refractivity contribution in [3.05, 3.63) is 35.4 Å². The molecule has 5 heteroatoms. The Morgan fingerprint density at radius 3 is 2.85 bits per heavy atom. The fourth-order valence-electron chi connectivity index (χ4n) is 2.36. The van der Waals surface area contributed by atoms with Crippen molar-refractivity contribution in [1.82, 2.24) is 10.2 Å². The van der Waals surface area contributed by atoms with Crippen LogP contribution >= 0.6 is 11.8 Å². The lowest BCUT2D eigenvalue weighted by Gasteiger charge is -2.22. The van der Waals surface area contributed by atoms with Gasteiger partial charge in [0.15, 0.2) is 0 Å². The lowest BCUT2D eigenvalue weighted by Crippen LogP contribution is -2.40. The van der Waals surface area contributed by atoms with Crippen molar-refractivity contribution in [1.29, 1.82) is 0 Å². The molecule has 1 saturated heterocycles. The molecule has 1 aromatic rings. The highest BCUT2D eigenvalue weighted by Crippen LogP contribution is 2.20. The molecule has 0 aliphatic carbocycles. The van der Waals surface area contributed by atoms with E-state index in [9.17, 15) is 9.90 Å². The third-order valence-corrected chi connectivity index (χ3v) is 4.83. The largest absolute Gasteiger partial charge is 0.392 e. The van der Waals surface area contributed by atoms with Gasteiger partial charge in [-0.05, 0) is 30.3 Å². The number of aliphatic hydroxyl groups excluding tert-OH is 1. The molecule has 1 heterocycles. The molecule has 1 aliphatic heterocycles. The summed E-state index contributed by atoms with van der Waals surface area (Å²) in [4.78, 5) is 14.1. The summed E-state index contributed by atoms with van der Waals surface area (Å²) in [7, 11) is 2.01. The van der Waals surface area contributed by atoms with Crippen molar-refractivity contribution in [2.75, 3.05) is 25.1 Å². The second-order valence-corrected chi connectivity index (χ2v) is 6.29. The summed E-state index contributed by atoms with van der Waals surface area (Å²) in [6.45, 7) is 0.917. The third kappa shape index (κ3) is 4.23. The van der Waals surface area contributed by atoms with E-state index in [-0.39, 0.29) is 12.5 Å². The second-order valence-electron chi connectivity index (χ2n) is 5.14. The first-order valence-electron chi connectivity index (χ1n) is 6.93. The molecule has 1 fully saturated rings. The number of nitrogens with zero attached hydrogens (tertiary/aromatic N) is 1. The Labute approximate surface area is 124 Å². The lowest BCUT2D eigenvalue weighted by atomic mass is 10.1. The van der Waals surface area contributed by atoms with Gasteiger partial charge in [0.1, 0.15) is 0 Å². The fourth-order valence-corrected chi connectivity index (χ4v) is 3.66. The number of thioether (sulfide) groups is 1. The van der Waals surface area contributed by atoms with Crippen LogP contribution in [-0.4, -0.2) is 47.1 Å². The Balaban J connectivity index is 1.79. The van der Waals surface area contributed by atoms with E-state index >= 15 is 0 Å². The summed E-state index contributed by atoms with van der Waals surface area (Å²) in [5, 5.41) is 12.2. The molecular formula is C15H22N2O2S. The smallest absolute Gasteiger partial charge is 0.234 e. The molecule has 0 spiro atoms. The van der Waals surface area contributed by atoms with E-state index < -0.39 is 0 Å². The van der Waals surface area contributed by atoms with Crippen LogP contribution in [0.15, 0.2) is 24.3 Å². The predicted octanol–water partition coefficient (Wildman–Crippen LogP) is 1.23. The van der Waals surface area contributed by atoms with Crippen molar-refractivity contribution >= 4 is 17.7 Å². The number of rotatable bonds is 6. The highest BCUT2D eigenvalue weighted by Gasteiger charge is 2.21. The molecule has 1 unspecified atom stereocenters. The van der Waals surface area contributed by atoms with Crippen LogP contribution in [0.5, 0.6) is 0 Å². The summed E-state index contributed by atoms with van der Waals surface area (Å²) in [6.07, 6.45) is 1.17. The zero-order chi connectivity index (χ0) is 14.4. The van der Waals surface area contributed by atoms with E-state index in [0.717, 1.165) is 16.9 Å². The van der Waals surface area contributed by atoms with Crippen molar-refractivity contribution in [3.63, 3.8) is 0 Å². The van der Waals surface area contributed by atoms with Gasteiger partial charge in [0, 0.05) is 18.3 Å². The van der Waals surface area contributed by atoms with Crippen LogP contribution in [0.3, 0.4) is 0 Å². The molecule has 1 aliphatic rings. The van der Waals surface area contributed by atoms with Gasteiger partial charge in [-0.2, -0.15) is 11.8 Å². The molecule has 20 heavy (non-hydrogen) atoms. The van der Waals surface area contributed by atoms with Crippen molar-refractivity contribution in [3.8, 4) is 0 Å². The number of aliphatic hydroxyl groups is 1. The summed E-state index contributed by atoms with van der Waals surface area (Å²) < 4.78 is 0. The number of likely N-dealkylation sites (N-methyl/N-ethyl adjacent to an activating group) is 1. The summed E-state index contributed by atoms with van der Waals surface area (Å²) in [6, 6.07) is 8.15. The molecule has 0 saturated carbocycles. The van der Waals surface area contributed by atoms with Crippen LogP contribution in [-0.2, 0) is 17.9 Å². The van der Waals surface area contributed by atoms with Gasteiger partial charge in [0.25, 0.3) is 0 Å². The third-order valence-electron chi connectivity index (χ3n) is 3.69. The molecule has 0 radical (unpaired) electrons. The van der Waals surface area contributed by atoms with Gasteiger partial charge in [-0.3, -0.25) is 9.69 Å². The quantitative estimate of drug-likeness (QED) is 0.829. The zero-order valence-corrected chi connectivity index (χ0v) is 12.7. The molecule has 4 nitrogen and oxygen atoms in total. The number of carbonyl (C=O) groups excluding carboxylic acids is 1. The first-order chi connectivity index (χ1) is 9.70. The Bertz CT molecular complexity index is 447. The molecule has 2 N–H and O–H groups in total. The minimum absolute atomic E-state index is 0.00520. The van der Waals surface area contributed by atoms with E-state index in [2.05, 4.69) is 10.2 Å². The number of nitrogens with one attached hydrogen (secondary N) is 1. The van der Waals surface area contributed by atoms with Crippen LogP contribution in [0.25, 0.3) is 0 Å². The number of hydrogen-bond donors (Lipinski definition) is 2. The Morgan fingerprint density at radius 1 is 1.45 bits per heavy atom. The van der Waals surface area contributed by atoms with Crippen LogP contribution in [0.2, 0.25) is 0 Å². The fraction of sp³-hybridized carbons (Fsp3) is 0.533. The van der Waals surface area contributed by atoms with Crippen LogP contribution in [0.1, 0.15) is 17.5 Å². The van der Waals surface area contributed by atoms with E-state index in [4.69, 9.17) is 0 Å². The van der Waals surface area contributed by atoms with Gasteiger partial charge in [0.2, 0.25) is 5.91 Å². The van der Waals surface area contributed by atoms with E-state index in [1.54, 1.807) is 0 Å². The molecular weight excluding hydrogens is 272 g/mol. The van der Waals surface area contributed by atoms with Crippen molar-refractivity contribution in [2.24, 2.45) is 0 Å². The molecule has 1 aromatic carbocycles. The summed E-state index contributed by atoms with van der Waals surface area (Å²) in [5.74, 6) is 2.36. The molecule has 1 atom stereocenters. The predicted molar refractivity (Wildman–Crippen MR) is 82.6 cm³/mol.